The van der Waals surface area contributed by atoms with Gasteiger partial charge in [-0.1, -0.05) is 24.3 Å². The van der Waals surface area contributed by atoms with E-state index in [9.17, 15) is 17.1 Å². The molecule has 1 aromatic rings. The second kappa shape index (κ2) is 5.88. The highest BCUT2D eigenvalue weighted by molar-refractivity contribution is 7.86. The van der Waals surface area contributed by atoms with Crippen LogP contribution in [0, 0.1) is 5.92 Å². The molecule has 1 atom stereocenters. The highest BCUT2D eigenvalue weighted by Crippen LogP contribution is 2.22. The Morgan fingerprint density at radius 2 is 1.85 bits per heavy atom. The summed E-state index contributed by atoms with van der Waals surface area (Å²) in [5.41, 5.74) is 7.45. The summed E-state index contributed by atoms with van der Waals surface area (Å²) in [5, 5.41) is 0. The highest BCUT2D eigenvalue weighted by Gasteiger charge is 2.32. The van der Waals surface area contributed by atoms with Crippen molar-refractivity contribution in [1.82, 2.24) is 4.90 Å². The SMILES string of the molecule is NCc1ccc(CN2CC(CS(=O)(=O)F)CC2=O)cc1. The first-order chi connectivity index (χ1) is 9.37. The number of halogens is 1. The molecular weight excluding hydrogens is 283 g/mol. The Kier molecular flexibility index (Phi) is 4.39. The molecule has 0 aliphatic carbocycles. The van der Waals surface area contributed by atoms with Crippen LogP contribution in [0.3, 0.4) is 0 Å². The summed E-state index contributed by atoms with van der Waals surface area (Å²) in [6.07, 6.45) is 0.0873. The lowest BCUT2D eigenvalue weighted by Crippen LogP contribution is -2.25. The number of carbonyl (C=O) groups is 1. The van der Waals surface area contributed by atoms with E-state index in [-0.39, 0.29) is 18.9 Å². The third-order valence-corrected chi connectivity index (χ3v) is 4.23. The van der Waals surface area contributed by atoms with E-state index >= 15 is 0 Å². The summed E-state index contributed by atoms with van der Waals surface area (Å²) in [7, 11) is -4.53. The molecule has 1 amide bonds. The number of likely N-dealkylation sites (tertiary alicyclic amines) is 1. The smallest absolute Gasteiger partial charge is 0.302 e. The summed E-state index contributed by atoms with van der Waals surface area (Å²) in [6, 6.07) is 7.54. The predicted molar refractivity (Wildman–Crippen MR) is 72.8 cm³/mol. The molecule has 0 radical (unpaired) electrons. The Morgan fingerprint density at radius 1 is 1.25 bits per heavy atom. The molecule has 20 heavy (non-hydrogen) atoms. The molecule has 0 spiro atoms. The van der Waals surface area contributed by atoms with E-state index in [2.05, 4.69) is 0 Å². The maximum absolute atomic E-state index is 12.6. The number of rotatable bonds is 5. The first-order valence-electron chi connectivity index (χ1n) is 6.35. The summed E-state index contributed by atoms with van der Waals surface area (Å²) in [6.45, 7) is 1.15. The minimum atomic E-state index is -4.53. The molecule has 2 rings (SSSR count). The minimum absolute atomic E-state index is 0.0873. The fourth-order valence-corrected chi connectivity index (χ4v) is 3.19. The van der Waals surface area contributed by atoms with Gasteiger partial charge in [0.15, 0.2) is 0 Å². The molecular formula is C13H17FN2O3S. The summed E-state index contributed by atoms with van der Waals surface area (Å²) in [4.78, 5) is 13.3. The topological polar surface area (TPSA) is 80.5 Å². The van der Waals surface area contributed by atoms with Gasteiger partial charge in [0.2, 0.25) is 5.91 Å². The Labute approximate surface area is 117 Å². The lowest BCUT2D eigenvalue weighted by Gasteiger charge is -2.16. The monoisotopic (exact) mass is 300 g/mol. The molecule has 1 aliphatic rings. The second-order valence-corrected chi connectivity index (χ2v) is 6.48. The van der Waals surface area contributed by atoms with Crippen molar-refractivity contribution in [3.63, 3.8) is 0 Å². The summed E-state index contributed by atoms with van der Waals surface area (Å²) >= 11 is 0. The Morgan fingerprint density at radius 3 is 2.40 bits per heavy atom. The standard InChI is InChI=1S/C13H17FN2O3S/c14-20(18,19)9-12-5-13(17)16(8-12)7-11-3-1-10(6-15)2-4-11/h1-4,12H,5-9,15H2. The minimum Gasteiger partial charge on any atom is -0.338 e. The zero-order valence-electron chi connectivity index (χ0n) is 11.0. The van der Waals surface area contributed by atoms with Gasteiger partial charge in [-0.2, -0.15) is 8.42 Å². The first kappa shape index (κ1) is 14.9. The zero-order valence-corrected chi connectivity index (χ0v) is 11.8. The van der Waals surface area contributed by atoms with Crippen LogP contribution in [0.25, 0.3) is 0 Å². The maximum Gasteiger partial charge on any atom is 0.302 e. The van der Waals surface area contributed by atoms with Crippen LogP contribution in [0.1, 0.15) is 17.5 Å². The van der Waals surface area contributed by atoms with Crippen LogP contribution in [-0.2, 0) is 28.1 Å². The van der Waals surface area contributed by atoms with Gasteiger partial charge in [-0.3, -0.25) is 4.79 Å². The number of nitrogens with two attached hydrogens (primary N) is 1. The third-order valence-electron chi connectivity index (χ3n) is 3.36. The van der Waals surface area contributed by atoms with Crippen LogP contribution in [0.2, 0.25) is 0 Å². The van der Waals surface area contributed by atoms with Crippen molar-refractivity contribution in [1.29, 1.82) is 0 Å². The predicted octanol–water partition coefficient (Wildman–Crippen LogP) is 0.793. The lowest BCUT2D eigenvalue weighted by atomic mass is 10.1. The average Bonchev–Trinajstić information content (AvgIpc) is 2.68. The highest BCUT2D eigenvalue weighted by atomic mass is 32.3. The molecule has 1 aromatic carbocycles. The van der Waals surface area contributed by atoms with Crippen LogP contribution in [-0.4, -0.2) is 31.5 Å². The summed E-state index contributed by atoms with van der Waals surface area (Å²) < 4.78 is 33.9. The van der Waals surface area contributed by atoms with Gasteiger partial charge in [-0.05, 0) is 11.1 Å². The number of amides is 1. The molecule has 1 fully saturated rings. The van der Waals surface area contributed by atoms with E-state index in [1.807, 2.05) is 24.3 Å². The van der Waals surface area contributed by atoms with Crippen molar-refractivity contribution < 1.29 is 17.1 Å². The van der Waals surface area contributed by atoms with Gasteiger partial charge in [-0.15, -0.1) is 3.89 Å². The van der Waals surface area contributed by atoms with Crippen molar-refractivity contribution in [2.24, 2.45) is 11.7 Å². The Hall–Kier alpha value is -1.47. The van der Waals surface area contributed by atoms with E-state index in [4.69, 9.17) is 5.73 Å². The number of hydrogen-bond donors (Lipinski definition) is 1. The van der Waals surface area contributed by atoms with Crippen molar-refractivity contribution in [3.8, 4) is 0 Å². The van der Waals surface area contributed by atoms with Gasteiger partial charge in [-0.25, -0.2) is 0 Å². The maximum atomic E-state index is 12.6. The van der Waals surface area contributed by atoms with Gasteiger partial charge in [0.05, 0.1) is 5.75 Å². The molecule has 1 aliphatic heterocycles. The van der Waals surface area contributed by atoms with Gasteiger partial charge >= 0.3 is 10.2 Å². The molecule has 1 saturated heterocycles. The number of benzene rings is 1. The summed E-state index contributed by atoms with van der Waals surface area (Å²) in [5.74, 6) is -1.18. The van der Waals surface area contributed by atoms with E-state index in [0.717, 1.165) is 11.1 Å². The van der Waals surface area contributed by atoms with Crippen LogP contribution in [0.4, 0.5) is 3.89 Å². The van der Waals surface area contributed by atoms with E-state index in [0.29, 0.717) is 13.1 Å². The van der Waals surface area contributed by atoms with Crippen molar-refractivity contribution in [2.75, 3.05) is 12.3 Å². The molecule has 7 heteroatoms. The van der Waals surface area contributed by atoms with E-state index in [1.165, 1.54) is 0 Å². The molecule has 0 bridgehead atoms. The largest absolute Gasteiger partial charge is 0.338 e. The average molecular weight is 300 g/mol. The Balaban J connectivity index is 1.97. The number of hydrogen-bond acceptors (Lipinski definition) is 4. The van der Waals surface area contributed by atoms with Crippen LogP contribution >= 0.6 is 0 Å². The quantitative estimate of drug-likeness (QED) is 0.815. The van der Waals surface area contributed by atoms with E-state index in [1.54, 1.807) is 4.90 Å². The fraction of sp³-hybridized carbons (Fsp3) is 0.462. The van der Waals surface area contributed by atoms with Crippen molar-refractivity contribution in [3.05, 3.63) is 35.4 Å². The van der Waals surface area contributed by atoms with Crippen LogP contribution < -0.4 is 5.73 Å². The Bertz CT molecular complexity index is 586. The van der Waals surface area contributed by atoms with Crippen LogP contribution in [0.5, 0.6) is 0 Å². The number of nitrogens with zero attached hydrogens (tertiary/aromatic N) is 1. The van der Waals surface area contributed by atoms with Gasteiger partial charge in [0.25, 0.3) is 0 Å². The molecule has 0 aromatic heterocycles. The lowest BCUT2D eigenvalue weighted by molar-refractivity contribution is -0.128. The second-order valence-electron chi connectivity index (χ2n) is 5.07. The molecule has 110 valence electrons. The van der Waals surface area contributed by atoms with Crippen LogP contribution in [0.15, 0.2) is 24.3 Å². The fourth-order valence-electron chi connectivity index (χ4n) is 2.40. The number of carbonyl (C=O) groups excluding carboxylic acids is 1. The molecule has 5 nitrogen and oxygen atoms in total. The normalized spacial score (nSPS) is 19.6. The van der Waals surface area contributed by atoms with Crippen molar-refractivity contribution in [2.45, 2.75) is 19.5 Å². The van der Waals surface area contributed by atoms with Gasteiger partial charge in [0, 0.05) is 32.0 Å². The molecule has 1 unspecified atom stereocenters. The third kappa shape index (κ3) is 4.01. The first-order valence-corrected chi connectivity index (χ1v) is 7.90. The van der Waals surface area contributed by atoms with Crippen molar-refractivity contribution >= 4 is 16.1 Å². The molecule has 1 heterocycles. The zero-order chi connectivity index (χ0) is 14.8. The molecule has 2 N–H and O–H groups in total. The molecule has 0 saturated carbocycles. The van der Waals surface area contributed by atoms with E-state index < -0.39 is 21.9 Å². The van der Waals surface area contributed by atoms with Gasteiger partial charge in [0.1, 0.15) is 0 Å². The van der Waals surface area contributed by atoms with Gasteiger partial charge < -0.3 is 10.6 Å².